The molecule has 1 aromatic rings. The number of benzene rings is 1. The Balaban J connectivity index is 2.84. The first-order valence-corrected chi connectivity index (χ1v) is 4.86. The molecule has 1 aromatic carbocycles. The molecule has 0 atom stereocenters. The van der Waals surface area contributed by atoms with Crippen molar-refractivity contribution in [1.29, 1.82) is 0 Å². The van der Waals surface area contributed by atoms with E-state index >= 15 is 0 Å². The third-order valence-electron chi connectivity index (χ3n) is 2.06. The number of esters is 2. The Morgan fingerprint density at radius 3 is 2.37 bits per heavy atom. The van der Waals surface area contributed by atoms with Crippen LogP contribution < -0.4 is 0 Å². The number of methoxy groups -OCH3 is 1. The quantitative estimate of drug-likeness (QED) is 0.629. The fraction of sp³-hybridized carbons (Fsp3) is 0.273. The van der Waals surface area contributed by atoms with Gasteiger partial charge >= 0.3 is 18.1 Å². The van der Waals surface area contributed by atoms with Gasteiger partial charge < -0.3 is 9.47 Å². The van der Waals surface area contributed by atoms with Crippen LogP contribution in [-0.4, -0.2) is 25.7 Å². The maximum absolute atomic E-state index is 13.2. The Morgan fingerprint density at radius 2 is 1.89 bits per heavy atom. The molecule has 0 N–H and O–H groups in total. The molecule has 4 nitrogen and oxygen atoms in total. The van der Waals surface area contributed by atoms with Gasteiger partial charge in [0.05, 0.1) is 18.2 Å². The average molecular weight is 280 g/mol. The fourth-order valence-electron chi connectivity index (χ4n) is 1.14. The summed E-state index contributed by atoms with van der Waals surface area (Å²) in [5.41, 5.74) is -1.92. The van der Waals surface area contributed by atoms with Crippen LogP contribution in [0.4, 0.5) is 17.6 Å². The van der Waals surface area contributed by atoms with E-state index in [1.54, 1.807) is 0 Å². The minimum absolute atomic E-state index is 0.391. The summed E-state index contributed by atoms with van der Waals surface area (Å²) in [6.07, 6.45) is -4.85. The highest BCUT2D eigenvalue weighted by Crippen LogP contribution is 2.31. The zero-order valence-electron chi connectivity index (χ0n) is 9.58. The van der Waals surface area contributed by atoms with E-state index in [9.17, 15) is 27.2 Å². The Hall–Kier alpha value is -2.12. The second kappa shape index (κ2) is 5.68. The number of halogens is 4. The summed E-state index contributed by atoms with van der Waals surface area (Å²) < 4.78 is 58.5. The van der Waals surface area contributed by atoms with Crippen molar-refractivity contribution >= 4 is 11.9 Å². The molecule has 104 valence electrons. The van der Waals surface area contributed by atoms with Gasteiger partial charge in [-0.2, -0.15) is 13.2 Å². The normalized spacial score (nSPS) is 11.0. The molecule has 0 fully saturated rings. The highest BCUT2D eigenvalue weighted by atomic mass is 19.4. The lowest BCUT2D eigenvalue weighted by molar-refractivity contribution is -0.144. The molecule has 0 bridgehead atoms. The summed E-state index contributed by atoms with van der Waals surface area (Å²) in [4.78, 5) is 22.0. The lowest BCUT2D eigenvalue weighted by Crippen LogP contribution is -2.16. The van der Waals surface area contributed by atoms with Gasteiger partial charge in [0.15, 0.2) is 6.61 Å². The first-order chi connectivity index (χ1) is 8.75. The van der Waals surface area contributed by atoms with Crippen LogP contribution in [0.3, 0.4) is 0 Å². The zero-order valence-corrected chi connectivity index (χ0v) is 9.58. The van der Waals surface area contributed by atoms with Gasteiger partial charge in [-0.15, -0.1) is 0 Å². The molecule has 0 aliphatic heterocycles. The molecular weight excluding hydrogens is 272 g/mol. The van der Waals surface area contributed by atoms with Gasteiger partial charge in [-0.05, 0) is 18.2 Å². The van der Waals surface area contributed by atoms with E-state index in [-0.39, 0.29) is 0 Å². The lowest BCUT2D eigenvalue weighted by Gasteiger charge is -2.09. The molecule has 0 saturated heterocycles. The highest BCUT2D eigenvalue weighted by Gasteiger charge is 2.34. The molecule has 0 aromatic heterocycles. The van der Waals surface area contributed by atoms with Crippen molar-refractivity contribution in [3.8, 4) is 0 Å². The molecule has 0 aliphatic carbocycles. The maximum Gasteiger partial charge on any atom is 0.419 e. The van der Waals surface area contributed by atoms with Gasteiger partial charge in [-0.25, -0.2) is 14.0 Å². The van der Waals surface area contributed by atoms with Gasteiger partial charge in [0.25, 0.3) is 0 Å². The molecule has 0 spiro atoms. The Morgan fingerprint density at radius 1 is 1.26 bits per heavy atom. The van der Waals surface area contributed by atoms with E-state index in [0.717, 1.165) is 13.2 Å². The molecule has 0 amide bonds. The Bertz CT molecular complexity index is 496. The number of rotatable bonds is 3. The van der Waals surface area contributed by atoms with E-state index in [0.29, 0.717) is 12.1 Å². The van der Waals surface area contributed by atoms with Crippen LogP contribution in [0.15, 0.2) is 18.2 Å². The standard InChI is InChI=1S/C11H8F4O4/c1-18-9(16)5-19-10(17)6-2-3-7(8(12)4-6)11(13,14)15/h2-4H,5H2,1H3. The van der Waals surface area contributed by atoms with Crippen molar-refractivity contribution in [3.05, 3.63) is 35.1 Å². The predicted octanol–water partition coefficient (Wildman–Crippen LogP) is 2.17. The number of carbonyl (C=O) groups excluding carboxylic acids is 2. The second-order valence-corrected chi connectivity index (χ2v) is 3.34. The smallest absolute Gasteiger partial charge is 0.419 e. The van der Waals surface area contributed by atoms with Crippen LogP contribution in [0.25, 0.3) is 0 Å². The van der Waals surface area contributed by atoms with Crippen molar-refractivity contribution in [1.82, 2.24) is 0 Å². The third-order valence-corrected chi connectivity index (χ3v) is 2.06. The summed E-state index contributed by atoms with van der Waals surface area (Å²) in [6.45, 7) is -0.710. The largest absolute Gasteiger partial charge is 0.466 e. The molecule has 8 heteroatoms. The van der Waals surface area contributed by atoms with Crippen molar-refractivity contribution in [2.45, 2.75) is 6.18 Å². The van der Waals surface area contributed by atoms with Crippen LogP contribution in [0.1, 0.15) is 15.9 Å². The molecule has 0 unspecified atom stereocenters. The van der Waals surface area contributed by atoms with E-state index < -0.39 is 41.7 Å². The van der Waals surface area contributed by atoms with Crippen LogP contribution in [0.5, 0.6) is 0 Å². The first kappa shape index (κ1) is 14.9. The minimum atomic E-state index is -4.85. The minimum Gasteiger partial charge on any atom is -0.466 e. The van der Waals surface area contributed by atoms with Gasteiger partial charge in [-0.1, -0.05) is 0 Å². The predicted molar refractivity (Wildman–Crippen MR) is 53.7 cm³/mol. The molecular formula is C11H8F4O4. The van der Waals surface area contributed by atoms with Gasteiger partial charge in [0, 0.05) is 0 Å². The van der Waals surface area contributed by atoms with Crippen molar-refractivity contribution < 1.29 is 36.6 Å². The van der Waals surface area contributed by atoms with E-state index in [2.05, 4.69) is 9.47 Å². The van der Waals surface area contributed by atoms with Crippen LogP contribution in [0, 0.1) is 5.82 Å². The topological polar surface area (TPSA) is 52.6 Å². The lowest BCUT2D eigenvalue weighted by atomic mass is 10.1. The van der Waals surface area contributed by atoms with Crippen molar-refractivity contribution in [3.63, 3.8) is 0 Å². The number of alkyl halides is 3. The van der Waals surface area contributed by atoms with Crippen LogP contribution in [-0.2, 0) is 20.4 Å². The zero-order chi connectivity index (χ0) is 14.6. The second-order valence-electron chi connectivity index (χ2n) is 3.34. The van der Waals surface area contributed by atoms with Gasteiger partial charge in [0.1, 0.15) is 5.82 Å². The number of carbonyl (C=O) groups is 2. The number of hydrogen-bond donors (Lipinski definition) is 0. The first-order valence-electron chi connectivity index (χ1n) is 4.86. The third kappa shape index (κ3) is 3.94. The van der Waals surface area contributed by atoms with Crippen molar-refractivity contribution in [2.75, 3.05) is 13.7 Å². The Kier molecular flexibility index (Phi) is 4.47. The summed E-state index contributed by atoms with van der Waals surface area (Å²) in [5, 5.41) is 0. The summed E-state index contributed by atoms with van der Waals surface area (Å²) in [5.74, 6) is -3.57. The van der Waals surface area contributed by atoms with Crippen molar-refractivity contribution in [2.24, 2.45) is 0 Å². The average Bonchev–Trinajstić information content (AvgIpc) is 2.33. The molecule has 0 heterocycles. The number of ether oxygens (including phenoxy) is 2. The van der Waals surface area contributed by atoms with Crippen LogP contribution in [0.2, 0.25) is 0 Å². The highest BCUT2D eigenvalue weighted by molar-refractivity contribution is 5.90. The molecule has 19 heavy (non-hydrogen) atoms. The summed E-state index contributed by atoms with van der Waals surface area (Å²) >= 11 is 0. The SMILES string of the molecule is COC(=O)COC(=O)c1ccc(C(F)(F)F)c(F)c1. The molecule has 0 radical (unpaired) electrons. The van der Waals surface area contributed by atoms with E-state index in [1.165, 1.54) is 0 Å². The molecule has 1 rings (SSSR count). The summed E-state index contributed by atoms with van der Waals surface area (Å²) in [7, 11) is 1.06. The van der Waals surface area contributed by atoms with Gasteiger partial charge in [0.2, 0.25) is 0 Å². The molecule has 0 aliphatic rings. The van der Waals surface area contributed by atoms with E-state index in [1.807, 2.05) is 0 Å². The molecule has 0 saturated carbocycles. The van der Waals surface area contributed by atoms with Crippen LogP contribution >= 0.6 is 0 Å². The fourth-order valence-corrected chi connectivity index (χ4v) is 1.14. The Labute approximate surface area is 104 Å². The monoisotopic (exact) mass is 280 g/mol. The summed E-state index contributed by atoms with van der Waals surface area (Å²) in [6, 6.07) is 1.57. The van der Waals surface area contributed by atoms with Gasteiger partial charge in [-0.3, -0.25) is 0 Å². The maximum atomic E-state index is 13.2. The van der Waals surface area contributed by atoms with E-state index in [4.69, 9.17) is 0 Å². The number of hydrogen-bond acceptors (Lipinski definition) is 4.